The number of Topliss-reactive ketones (excluding diaryl/α,β-unsaturated/α-hetero) is 1. The number of benzene rings is 1. The minimum Gasteiger partial charge on any atom is -0.493 e. The second kappa shape index (κ2) is 6.44. The van der Waals surface area contributed by atoms with E-state index in [-0.39, 0.29) is 13.1 Å². The molecule has 1 N–H and O–H groups in total. The number of aliphatic hydroxyl groups is 1. The molecule has 116 valence electrons. The lowest BCUT2D eigenvalue weighted by atomic mass is 10.1. The third-order valence-corrected chi connectivity index (χ3v) is 3.20. The second-order valence-corrected chi connectivity index (χ2v) is 4.89. The minimum atomic E-state index is -4.40. The van der Waals surface area contributed by atoms with Crippen molar-refractivity contribution in [1.29, 1.82) is 0 Å². The summed E-state index contributed by atoms with van der Waals surface area (Å²) in [5.41, 5.74) is 1.26. The minimum absolute atomic E-state index is 0.195. The van der Waals surface area contributed by atoms with Gasteiger partial charge >= 0.3 is 6.18 Å². The first-order valence-corrected chi connectivity index (χ1v) is 6.58. The number of aliphatic hydroxyl groups excluding tert-OH is 1. The first-order valence-electron chi connectivity index (χ1n) is 6.58. The average Bonchev–Trinajstić information content (AvgIpc) is 2.83. The van der Waals surface area contributed by atoms with Gasteiger partial charge in [-0.15, -0.1) is 0 Å². The first-order chi connectivity index (χ1) is 9.89. The fraction of sp³-hybridized carbons (Fsp3) is 0.500. The highest BCUT2D eigenvalue weighted by molar-refractivity contribution is 5.98. The Morgan fingerprint density at radius 1 is 1.38 bits per heavy atom. The van der Waals surface area contributed by atoms with E-state index < -0.39 is 25.1 Å². The molecule has 4 nitrogen and oxygen atoms in total. The van der Waals surface area contributed by atoms with Gasteiger partial charge in [-0.05, 0) is 23.8 Å². The van der Waals surface area contributed by atoms with Crippen LogP contribution in [0.25, 0.3) is 0 Å². The summed E-state index contributed by atoms with van der Waals surface area (Å²) in [5, 5.41) is 8.81. The number of carbonyl (C=O) groups is 1. The fourth-order valence-corrected chi connectivity index (χ4v) is 2.26. The van der Waals surface area contributed by atoms with Crippen molar-refractivity contribution >= 4 is 5.78 Å². The number of nitrogens with zero attached hydrogens (tertiary/aromatic N) is 1. The standard InChI is InChI=1S/C14H16F3NO3/c15-14(16,17)9-18(4-5-19)8-12(20)10-1-2-13-11(7-10)3-6-21-13/h1-2,7,19H,3-6,8-9H2. The van der Waals surface area contributed by atoms with Crippen LogP contribution in [0.5, 0.6) is 5.75 Å². The Labute approximate surface area is 120 Å². The maximum atomic E-state index is 12.4. The van der Waals surface area contributed by atoms with E-state index in [0.29, 0.717) is 24.3 Å². The van der Waals surface area contributed by atoms with E-state index in [9.17, 15) is 18.0 Å². The average molecular weight is 303 g/mol. The molecule has 0 amide bonds. The lowest BCUT2D eigenvalue weighted by Crippen LogP contribution is -2.39. The zero-order valence-electron chi connectivity index (χ0n) is 11.3. The van der Waals surface area contributed by atoms with E-state index >= 15 is 0 Å². The molecule has 0 radical (unpaired) electrons. The highest BCUT2D eigenvalue weighted by atomic mass is 19.4. The van der Waals surface area contributed by atoms with Crippen molar-refractivity contribution in [3.05, 3.63) is 29.3 Å². The monoisotopic (exact) mass is 303 g/mol. The summed E-state index contributed by atoms with van der Waals surface area (Å²) in [6.07, 6.45) is -3.71. The van der Waals surface area contributed by atoms with Crippen LogP contribution in [0.1, 0.15) is 15.9 Å². The number of ketones is 1. The molecule has 0 fully saturated rings. The lowest BCUT2D eigenvalue weighted by molar-refractivity contribution is -0.145. The molecule has 1 aromatic carbocycles. The van der Waals surface area contributed by atoms with Gasteiger partial charge in [-0.3, -0.25) is 9.69 Å². The highest BCUT2D eigenvalue weighted by Crippen LogP contribution is 2.26. The van der Waals surface area contributed by atoms with Crippen LogP contribution >= 0.6 is 0 Å². The normalized spacial score (nSPS) is 14.1. The van der Waals surface area contributed by atoms with E-state index in [2.05, 4.69) is 0 Å². The summed E-state index contributed by atoms with van der Waals surface area (Å²) >= 11 is 0. The van der Waals surface area contributed by atoms with Crippen LogP contribution in [0.15, 0.2) is 18.2 Å². The third-order valence-electron chi connectivity index (χ3n) is 3.20. The number of rotatable bonds is 6. The van der Waals surface area contributed by atoms with Crippen LogP contribution in [-0.4, -0.2) is 54.8 Å². The van der Waals surface area contributed by atoms with Crippen LogP contribution in [0, 0.1) is 0 Å². The van der Waals surface area contributed by atoms with Crippen LogP contribution in [0.3, 0.4) is 0 Å². The number of hydrogen-bond acceptors (Lipinski definition) is 4. The van der Waals surface area contributed by atoms with Crippen molar-refractivity contribution in [2.75, 3.05) is 32.8 Å². The van der Waals surface area contributed by atoms with Gasteiger partial charge in [-0.1, -0.05) is 0 Å². The molecule has 1 heterocycles. The van der Waals surface area contributed by atoms with Gasteiger partial charge in [0.05, 0.1) is 26.3 Å². The third kappa shape index (κ3) is 4.44. The Morgan fingerprint density at radius 2 is 2.14 bits per heavy atom. The van der Waals surface area contributed by atoms with E-state index in [0.717, 1.165) is 10.5 Å². The van der Waals surface area contributed by atoms with Gasteiger partial charge in [-0.2, -0.15) is 13.2 Å². The van der Waals surface area contributed by atoms with Gasteiger partial charge in [0.15, 0.2) is 5.78 Å². The van der Waals surface area contributed by atoms with Crippen molar-refractivity contribution < 1.29 is 27.8 Å². The van der Waals surface area contributed by atoms with Gasteiger partial charge in [0.2, 0.25) is 0 Å². The number of halogens is 3. The molecule has 2 rings (SSSR count). The fourth-order valence-electron chi connectivity index (χ4n) is 2.26. The molecule has 0 aromatic heterocycles. The summed E-state index contributed by atoms with van der Waals surface area (Å²) in [5.74, 6) is 0.316. The molecule has 0 bridgehead atoms. The SMILES string of the molecule is O=C(CN(CCO)CC(F)(F)F)c1ccc2c(c1)CCO2. The first kappa shape index (κ1) is 15.8. The zero-order chi connectivity index (χ0) is 15.5. The quantitative estimate of drug-likeness (QED) is 0.812. The smallest absolute Gasteiger partial charge is 0.401 e. The number of alkyl halides is 3. The molecule has 1 aliphatic rings. The Morgan fingerprint density at radius 3 is 2.81 bits per heavy atom. The Balaban J connectivity index is 2.04. The van der Waals surface area contributed by atoms with Crippen LogP contribution in [-0.2, 0) is 6.42 Å². The molecule has 1 aliphatic heterocycles. The predicted octanol–water partition coefficient (Wildman–Crippen LogP) is 1.66. The Bertz CT molecular complexity index is 517. The Kier molecular flexibility index (Phi) is 4.84. The summed E-state index contributed by atoms with van der Waals surface area (Å²) in [6.45, 7) is -1.66. The van der Waals surface area contributed by atoms with E-state index in [1.54, 1.807) is 18.2 Å². The van der Waals surface area contributed by atoms with Gasteiger partial charge in [0.1, 0.15) is 5.75 Å². The molecule has 1 aromatic rings. The molecule has 0 atom stereocenters. The van der Waals surface area contributed by atoms with E-state index in [1.165, 1.54) is 0 Å². The number of ether oxygens (including phenoxy) is 1. The maximum Gasteiger partial charge on any atom is 0.401 e. The maximum absolute atomic E-state index is 12.4. The molecule has 0 unspecified atom stereocenters. The second-order valence-electron chi connectivity index (χ2n) is 4.89. The summed E-state index contributed by atoms with van der Waals surface area (Å²) in [6, 6.07) is 4.88. The van der Waals surface area contributed by atoms with E-state index in [4.69, 9.17) is 9.84 Å². The van der Waals surface area contributed by atoms with Crippen molar-refractivity contribution in [2.45, 2.75) is 12.6 Å². The molecule has 0 saturated carbocycles. The van der Waals surface area contributed by atoms with Crippen molar-refractivity contribution in [3.8, 4) is 5.75 Å². The van der Waals surface area contributed by atoms with Crippen LogP contribution < -0.4 is 4.74 Å². The number of hydrogen-bond donors (Lipinski definition) is 1. The lowest BCUT2D eigenvalue weighted by Gasteiger charge is -2.21. The zero-order valence-corrected chi connectivity index (χ0v) is 11.3. The number of carbonyl (C=O) groups excluding carboxylic acids is 1. The number of fused-ring (bicyclic) bond motifs is 1. The summed E-state index contributed by atoms with van der Waals surface area (Å²) in [7, 11) is 0. The molecule has 0 aliphatic carbocycles. The van der Waals surface area contributed by atoms with E-state index in [1.807, 2.05) is 0 Å². The largest absolute Gasteiger partial charge is 0.493 e. The van der Waals surface area contributed by atoms with Gasteiger partial charge < -0.3 is 9.84 Å². The molecule has 0 saturated heterocycles. The molecule has 7 heteroatoms. The highest BCUT2D eigenvalue weighted by Gasteiger charge is 2.31. The molecule has 21 heavy (non-hydrogen) atoms. The van der Waals surface area contributed by atoms with Gasteiger partial charge in [0, 0.05) is 18.5 Å². The summed E-state index contributed by atoms with van der Waals surface area (Å²) < 4.78 is 42.5. The Hall–Kier alpha value is -1.60. The van der Waals surface area contributed by atoms with Crippen LogP contribution in [0.2, 0.25) is 0 Å². The summed E-state index contributed by atoms with van der Waals surface area (Å²) in [4.78, 5) is 13.0. The molecular weight excluding hydrogens is 287 g/mol. The predicted molar refractivity (Wildman–Crippen MR) is 69.6 cm³/mol. The van der Waals surface area contributed by atoms with Crippen molar-refractivity contribution in [3.63, 3.8) is 0 Å². The van der Waals surface area contributed by atoms with Gasteiger partial charge in [0.25, 0.3) is 0 Å². The molecular formula is C14H16F3NO3. The topological polar surface area (TPSA) is 49.8 Å². The van der Waals surface area contributed by atoms with Gasteiger partial charge in [-0.25, -0.2) is 0 Å². The van der Waals surface area contributed by atoms with Crippen LogP contribution in [0.4, 0.5) is 13.2 Å². The molecule has 0 spiro atoms. The van der Waals surface area contributed by atoms with Crippen molar-refractivity contribution in [2.24, 2.45) is 0 Å². The van der Waals surface area contributed by atoms with Crippen molar-refractivity contribution in [1.82, 2.24) is 4.90 Å².